The zero-order chi connectivity index (χ0) is 32.2. The number of nitrogens with one attached hydrogen (secondary N) is 2. The summed E-state index contributed by atoms with van der Waals surface area (Å²) in [7, 11) is 5.67. The molecule has 15 heteroatoms. The number of quaternary nitrogens is 1. The van der Waals surface area contributed by atoms with Crippen LogP contribution in [0.25, 0.3) is 0 Å². The molecule has 234 valence electrons. The average Bonchev–Trinajstić information content (AvgIpc) is 3.27. The van der Waals surface area contributed by atoms with Crippen molar-refractivity contribution in [1.82, 2.24) is 19.4 Å². The van der Waals surface area contributed by atoms with Gasteiger partial charge in [-0.15, -0.1) is 0 Å². The van der Waals surface area contributed by atoms with Crippen molar-refractivity contribution in [3.8, 4) is 0 Å². The van der Waals surface area contributed by atoms with Crippen LogP contribution in [0.2, 0.25) is 0 Å². The smallest absolute Gasteiger partial charge is 0.370 e. The molecule has 1 aromatic carbocycles. The summed E-state index contributed by atoms with van der Waals surface area (Å²) < 4.78 is 56.0. The van der Waals surface area contributed by atoms with Gasteiger partial charge in [0.1, 0.15) is 24.3 Å². The number of aliphatic imine (C=N–C) groups is 1. The normalized spacial score (nSPS) is 15.0. The fourth-order valence-corrected chi connectivity index (χ4v) is 4.69. The van der Waals surface area contributed by atoms with Gasteiger partial charge in [0.15, 0.2) is 0 Å². The summed E-state index contributed by atoms with van der Waals surface area (Å²) in [5, 5.41) is 5.69. The van der Waals surface area contributed by atoms with E-state index in [0.717, 1.165) is 17.5 Å². The minimum Gasteiger partial charge on any atom is -0.370 e. The molecule has 1 atom stereocenters. The van der Waals surface area contributed by atoms with Gasteiger partial charge in [0.05, 0.1) is 62.1 Å². The maximum atomic E-state index is 13.8. The highest BCUT2D eigenvalue weighted by molar-refractivity contribution is 5.98. The highest BCUT2D eigenvalue weighted by Crippen LogP contribution is 2.37. The van der Waals surface area contributed by atoms with Crippen LogP contribution >= 0.6 is 0 Å². The van der Waals surface area contributed by atoms with E-state index in [1.807, 2.05) is 25.6 Å². The zero-order valence-corrected chi connectivity index (χ0v) is 24.7. The maximum absolute atomic E-state index is 13.8. The molecule has 0 radical (unpaired) electrons. The van der Waals surface area contributed by atoms with Crippen molar-refractivity contribution >= 4 is 35.3 Å². The number of aromatic nitrogens is 3. The number of primary amides is 1. The van der Waals surface area contributed by atoms with Gasteiger partial charge in [0, 0.05) is 37.3 Å². The lowest BCUT2D eigenvalue weighted by molar-refractivity contribution is -0.898. The molecule has 1 aliphatic heterocycles. The number of aryl methyl sites for hydroxylation is 2. The molecule has 4 N–H and O–H groups in total. The van der Waals surface area contributed by atoms with E-state index in [-0.39, 0.29) is 17.9 Å². The minimum atomic E-state index is -4.85. The van der Waals surface area contributed by atoms with Crippen LogP contribution in [0.3, 0.4) is 0 Å². The molecule has 0 spiro atoms. The Bertz CT molecular complexity index is 1600. The predicted molar refractivity (Wildman–Crippen MR) is 157 cm³/mol. The molecule has 2 amide bonds. The van der Waals surface area contributed by atoms with Gasteiger partial charge in [-0.3, -0.25) is 9.59 Å². The minimum absolute atomic E-state index is 0.0500. The Balaban J connectivity index is 1.42. The number of hydrogen-bond acceptors (Lipinski definition) is 7. The van der Waals surface area contributed by atoms with E-state index in [2.05, 4.69) is 25.6 Å². The number of benzene rings is 1. The number of carbonyl (C=O) groups is 2. The molecule has 1 unspecified atom stereocenters. The molecule has 0 aliphatic carbocycles. The van der Waals surface area contributed by atoms with Crippen LogP contribution in [0.15, 0.2) is 53.9 Å². The first-order valence-corrected chi connectivity index (χ1v) is 13.6. The predicted octanol–water partition coefficient (Wildman–Crippen LogP) is 4.11. The van der Waals surface area contributed by atoms with Gasteiger partial charge in [-0.05, 0) is 37.3 Å². The number of fused-ring (bicyclic) bond motifs is 1. The summed E-state index contributed by atoms with van der Waals surface area (Å²) in [5.41, 5.74) is 6.78. The highest BCUT2D eigenvalue weighted by atomic mass is 19.4. The van der Waals surface area contributed by atoms with Gasteiger partial charge in [0.2, 0.25) is 11.8 Å². The van der Waals surface area contributed by atoms with Gasteiger partial charge in [-0.25, -0.2) is 19.4 Å². The van der Waals surface area contributed by atoms with Crippen LogP contribution in [0, 0.1) is 12.7 Å². The van der Waals surface area contributed by atoms with Crippen molar-refractivity contribution in [3.05, 3.63) is 77.3 Å². The first-order valence-electron chi connectivity index (χ1n) is 13.6. The molecular formula is C29H34F4N9O2+. The number of amides is 2. The molecular weight excluding hydrogens is 582 g/mol. The Hall–Kier alpha value is -4.79. The van der Waals surface area contributed by atoms with E-state index in [9.17, 15) is 27.2 Å². The summed E-state index contributed by atoms with van der Waals surface area (Å²) in [6, 6.07) is 4.26. The Kier molecular flexibility index (Phi) is 9.37. The van der Waals surface area contributed by atoms with Crippen LogP contribution in [0.4, 0.5) is 34.8 Å². The summed E-state index contributed by atoms with van der Waals surface area (Å²) in [5.74, 6) is -1.97. The lowest BCUT2D eigenvalue weighted by Gasteiger charge is -2.32. The third-order valence-corrected chi connectivity index (χ3v) is 7.02. The molecule has 0 fully saturated rings. The summed E-state index contributed by atoms with van der Waals surface area (Å²) in [6.07, 6.45) is 2.43. The Morgan fingerprint density at radius 2 is 1.93 bits per heavy atom. The van der Waals surface area contributed by atoms with Gasteiger partial charge < -0.3 is 30.3 Å². The second kappa shape index (κ2) is 12.8. The average molecular weight is 617 g/mol. The summed E-state index contributed by atoms with van der Waals surface area (Å²) in [6.45, 7) is 3.44. The fourth-order valence-electron chi connectivity index (χ4n) is 4.69. The second-order valence-corrected chi connectivity index (χ2v) is 11.1. The number of imidazole rings is 1. The largest absolute Gasteiger partial charge is 0.419 e. The molecule has 4 rings (SSSR count). The molecule has 0 bridgehead atoms. The van der Waals surface area contributed by atoms with Crippen molar-refractivity contribution in [2.75, 3.05) is 38.3 Å². The van der Waals surface area contributed by atoms with E-state index in [1.54, 1.807) is 30.4 Å². The van der Waals surface area contributed by atoms with Gasteiger partial charge in [-0.1, -0.05) is 0 Å². The second-order valence-electron chi connectivity index (χ2n) is 11.1. The van der Waals surface area contributed by atoms with Crippen molar-refractivity contribution in [2.45, 2.75) is 38.8 Å². The summed E-state index contributed by atoms with van der Waals surface area (Å²) in [4.78, 5) is 38.5. The molecule has 3 heterocycles. The fraction of sp³-hybridized carbons (Fsp3) is 0.345. The third kappa shape index (κ3) is 7.98. The number of nitrogens with zero attached hydrogens (tertiary/aromatic N) is 6. The van der Waals surface area contributed by atoms with E-state index in [1.165, 1.54) is 24.7 Å². The monoisotopic (exact) mass is 616 g/mol. The van der Waals surface area contributed by atoms with Crippen LogP contribution in [0.5, 0.6) is 0 Å². The van der Waals surface area contributed by atoms with E-state index in [0.29, 0.717) is 41.4 Å². The number of alkyl halides is 3. The molecule has 2 aromatic heterocycles. The van der Waals surface area contributed by atoms with Crippen molar-refractivity contribution in [3.63, 3.8) is 0 Å². The number of rotatable bonds is 11. The first-order chi connectivity index (χ1) is 20.6. The Morgan fingerprint density at radius 3 is 2.64 bits per heavy atom. The van der Waals surface area contributed by atoms with Crippen LogP contribution in [0.1, 0.15) is 35.1 Å². The van der Waals surface area contributed by atoms with E-state index >= 15 is 0 Å². The third-order valence-electron chi connectivity index (χ3n) is 7.02. The van der Waals surface area contributed by atoms with Crippen molar-refractivity contribution < 1.29 is 31.6 Å². The maximum Gasteiger partial charge on any atom is 0.419 e. The first kappa shape index (κ1) is 32.1. The molecule has 0 saturated heterocycles. The Morgan fingerprint density at radius 1 is 1.18 bits per heavy atom. The standard InChI is InChI=1S/C29H33F4N9O2/c1-18-24(41(17-36-18)10-9-25(34)43)15-42(3,4)11-5-6-27(44)39-26-13-20-23(14-35-26)37-16-40(2)28(20)38-19-7-8-22(30)21(12-19)29(31,32)33/h5-8,12-14,16-17,28,38H,9-11,15H2,1-4H3,(H2-,34,35,39,43,44)/p+1/b6-5+. The number of pyridine rings is 1. The number of nitrogens with two attached hydrogens (primary N) is 1. The highest BCUT2D eigenvalue weighted by Gasteiger charge is 2.34. The summed E-state index contributed by atoms with van der Waals surface area (Å²) >= 11 is 0. The molecule has 0 saturated carbocycles. The van der Waals surface area contributed by atoms with Crippen LogP contribution in [-0.2, 0) is 28.9 Å². The topological polar surface area (TPSA) is 131 Å². The molecule has 11 nitrogen and oxygen atoms in total. The molecule has 44 heavy (non-hydrogen) atoms. The number of likely N-dealkylation sites (N-methyl/N-ethyl adjacent to an activating group) is 1. The van der Waals surface area contributed by atoms with Gasteiger partial charge >= 0.3 is 6.18 Å². The van der Waals surface area contributed by atoms with Gasteiger partial charge in [-0.2, -0.15) is 13.2 Å². The SMILES string of the molecule is Cc1ncn(CCC(N)=O)c1C[N+](C)(C)C/C=C/C(=O)Nc1cc2c(cn1)N=CN(C)C2Nc1ccc(F)c(C(F)(F)F)c1. The number of carbonyl (C=O) groups excluding carboxylic acids is 2. The van der Waals surface area contributed by atoms with Gasteiger partial charge in [0.25, 0.3) is 0 Å². The van der Waals surface area contributed by atoms with Crippen molar-refractivity contribution in [1.29, 1.82) is 0 Å². The number of anilines is 2. The van der Waals surface area contributed by atoms with Crippen LogP contribution < -0.4 is 16.4 Å². The quantitative estimate of drug-likeness (QED) is 0.169. The van der Waals surface area contributed by atoms with E-state index in [4.69, 9.17) is 5.73 Å². The molecule has 3 aromatic rings. The lowest BCUT2D eigenvalue weighted by atomic mass is 10.1. The zero-order valence-electron chi connectivity index (χ0n) is 24.7. The number of hydrogen-bond donors (Lipinski definition) is 3. The molecule has 1 aliphatic rings. The lowest BCUT2D eigenvalue weighted by Crippen LogP contribution is -2.39. The van der Waals surface area contributed by atoms with Crippen molar-refractivity contribution in [2.24, 2.45) is 10.7 Å². The number of halogens is 4. The van der Waals surface area contributed by atoms with Crippen LogP contribution in [-0.4, -0.2) is 69.8 Å². The van der Waals surface area contributed by atoms with E-state index < -0.39 is 35.5 Å². The Labute approximate surface area is 251 Å².